The third-order valence-electron chi connectivity index (χ3n) is 1.88. The van der Waals surface area contributed by atoms with E-state index in [9.17, 15) is 9.90 Å². The summed E-state index contributed by atoms with van der Waals surface area (Å²) in [5.74, 6) is -0.0755. The van der Waals surface area contributed by atoms with Crippen molar-refractivity contribution in [2.75, 3.05) is 6.54 Å². The van der Waals surface area contributed by atoms with E-state index < -0.39 is 6.10 Å². The average Bonchev–Trinajstić information content (AvgIpc) is 2.10. The van der Waals surface area contributed by atoms with Crippen LogP contribution in [0, 0.1) is 5.92 Å². The Morgan fingerprint density at radius 3 is 2.43 bits per heavy atom. The third kappa shape index (κ3) is 5.53. The van der Waals surface area contributed by atoms with Crippen molar-refractivity contribution in [1.82, 2.24) is 0 Å². The van der Waals surface area contributed by atoms with Crippen molar-refractivity contribution in [3.8, 4) is 0 Å². The molecule has 0 aromatic carbocycles. The zero-order valence-corrected chi connectivity index (χ0v) is 8.79. The molecular formula is C9H20N3O2+. The van der Waals surface area contributed by atoms with E-state index in [2.05, 4.69) is 4.99 Å². The fourth-order valence-corrected chi connectivity index (χ4v) is 1.06. The maximum atomic E-state index is 11.2. The quantitative estimate of drug-likeness (QED) is 0.221. The molecule has 1 atom stereocenters. The van der Waals surface area contributed by atoms with Crippen LogP contribution in [0.4, 0.5) is 0 Å². The highest BCUT2D eigenvalue weighted by Crippen LogP contribution is 2.04. The number of aliphatic hydroxyl groups excluding tert-OH is 1. The molecule has 5 heteroatoms. The Hall–Kier alpha value is -1.10. The summed E-state index contributed by atoms with van der Waals surface area (Å²) in [6, 6.07) is 0. The van der Waals surface area contributed by atoms with E-state index >= 15 is 0 Å². The molecule has 82 valence electrons. The maximum Gasteiger partial charge on any atom is 0.338 e. The molecule has 0 rings (SSSR count). The fraction of sp³-hybridized carbons (Fsp3) is 0.778. The van der Waals surface area contributed by atoms with E-state index in [-0.39, 0.29) is 17.7 Å². The van der Waals surface area contributed by atoms with Crippen molar-refractivity contribution in [2.45, 2.75) is 32.8 Å². The number of ketones is 1. The van der Waals surface area contributed by atoms with Crippen LogP contribution in [0.1, 0.15) is 26.7 Å². The smallest absolute Gasteiger partial charge is 0.338 e. The molecule has 0 bridgehead atoms. The zero-order chi connectivity index (χ0) is 11.1. The van der Waals surface area contributed by atoms with Crippen molar-refractivity contribution in [2.24, 2.45) is 17.4 Å². The molecule has 5 nitrogen and oxygen atoms in total. The van der Waals surface area contributed by atoms with Crippen molar-refractivity contribution >= 4 is 11.7 Å². The van der Waals surface area contributed by atoms with Crippen LogP contribution in [0.3, 0.4) is 0 Å². The molecule has 0 radical (unpaired) electrons. The van der Waals surface area contributed by atoms with Gasteiger partial charge in [-0.1, -0.05) is 13.8 Å². The molecule has 0 spiro atoms. The zero-order valence-electron chi connectivity index (χ0n) is 8.79. The van der Waals surface area contributed by atoms with Gasteiger partial charge >= 0.3 is 5.96 Å². The number of nitrogens with two attached hydrogens (primary N) is 2. The highest BCUT2D eigenvalue weighted by atomic mass is 16.3. The summed E-state index contributed by atoms with van der Waals surface area (Å²) in [6.07, 6.45) is 0.241. The molecular weight excluding hydrogens is 182 g/mol. The third-order valence-corrected chi connectivity index (χ3v) is 1.88. The second-order valence-electron chi connectivity index (χ2n) is 3.60. The topological polar surface area (TPSA) is 103 Å². The first kappa shape index (κ1) is 12.9. The summed E-state index contributed by atoms with van der Waals surface area (Å²) in [5, 5.41) is 9.41. The summed E-state index contributed by atoms with van der Waals surface area (Å²) < 4.78 is 0. The first-order chi connectivity index (χ1) is 6.45. The summed E-state index contributed by atoms with van der Waals surface area (Å²) >= 11 is 0. The predicted octanol–water partition coefficient (Wildman–Crippen LogP) is -2.29. The molecule has 1 unspecified atom stereocenters. The first-order valence-corrected chi connectivity index (χ1v) is 4.78. The minimum absolute atomic E-state index is 0.116. The lowest BCUT2D eigenvalue weighted by Gasteiger charge is -2.10. The molecule has 0 aromatic rings. The standard InChI is InChI=1S/C9H19N3O2/c1-6(2)8(14)7(13)4-3-5-12-9(10)11/h6-7,13H,3-5H2,1-2H3,(H4,10,11,12)/p+1. The molecule has 0 aliphatic heterocycles. The minimum Gasteiger partial charge on any atom is -0.385 e. The van der Waals surface area contributed by atoms with E-state index in [1.807, 2.05) is 0 Å². The molecule has 0 saturated carbocycles. The van der Waals surface area contributed by atoms with Crippen LogP contribution in [0.5, 0.6) is 0 Å². The van der Waals surface area contributed by atoms with E-state index in [1.165, 1.54) is 0 Å². The molecule has 0 aromatic heterocycles. The van der Waals surface area contributed by atoms with Crippen LogP contribution in [-0.4, -0.2) is 29.5 Å². The Morgan fingerprint density at radius 2 is 2.00 bits per heavy atom. The van der Waals surface area contributed by atoms with Gasteiger partial charge in [0.25, 0.3) is 0 Å². The Bertz CT molecular complexity index is 210. The summed E-state index contributed by atoms with van der Waals surface area (Å²) in [5.41, 5.74) is 10.3. The van der Waals surface area contributed by atoms with Crippen LogP contribution in [0.25, 0.3) is 0 Å². The number of guanidine groups is 1. The Labute approximate surface area is 84.2 Å². The largest absolute Gasteiger partial charge is 0.385 e. The number of hydrogen-bond acceptors (Lipinski definition) is 2. The lowest BCUT2D eigenvalue weighted by molar-refractivity contribution is -0.460. The molecule has 0 heterocycles. The molecule has 0 aliphatic carbocycles. The van der Waals surface area contributed by atoms with Crippen molar-refractivity contribution in [3.63, 3.8) is 0 Å². The summed E-state index contributed by atoms with van der Waals surface area (Å²) in [6.45, 7) is 4.12. The normalized spacial score (nSPS) is 12.6. The van der Waals surface area contributed by atoms with Gasteiger partial charge in [0, 0.05) is 5.92 Å². The van der Waals surface area contributed by atoms with Crippen LogP contribution in [-0.2, 0) is 4.79 Å². The Balaban J connectivity index is 3.69. The lowest BCUT2D eigenvalue weighted by atomic mass is 10.0. The van der Waals surface area contributed by atoms with Crippen LogP contribution < -0.4 is 16.5 Å². The Kier molecular flexibility index (Phi) is 5.87. The monoisotopic (exact) mass is 202 g/mol. The van der Waals surface area contributed by atoms with E-state index in [1.54, 1.807) is 13.8 Å². The molecule has 0 aliphatic rings. The molecule has 0 saturated heterocycles. The fourth-order valence-electron chi connectivity index (χ4n) is 1.06. The highest BCUT2D eigenvalue weighted by Gasteiger charge is 2.17. The van der Waals surface area contributed by atoms with E-state index in [0.29, 0.717) is 19.4 Å². The number of nitrogens with one attached hydrogen (secondary N) is 1. The van der Waals surface area contributed by atoms with Gasteiger partial charge in [-0.3, -0.25) is 21.3 Å². The second kappa shape index (κ2) is 6.37. The predicted molar refractivity (Wildman–Crippen MR) is 54.3 cm³/mol. The summed E-state index contributed by atoms with van der Waals surface area (Å²) in [4.78, 5) is 14.0. The Morgan fingerprint density at radius 1 is 1.43 bits per heavy atom. The van der Waals surface area contributed by atoms with Gasteiger partial charge in [0.2, 0.25) is 0 Å². The average molecular weight is 202 g/mol. The van der Waals surface area contributed by atoms with Gasteiger partial charge < -0.3 is 5.11 Å². The number of carbonyl (C=O) groups excluding carboxylic acids is 1. The summed E-state index contributed by atoms with van der Waals surface area (Å²) in [7, 11) is 0. The van der Waals surface area contributed by atoms with Gasteiger partial charge in [-0.15, -0.1) is 0 Å². The molecule has 0 amide bonds. The van der Waals surface area contributed by atoms with Crippen LogP contribution in [0.2, 0.25) is 0 Å². The van der Waals surface area contributed by atoms with Gasteiger partial charge in [0.05, 0.1) is 6.54 Å². The number of carbonyl (C=O) groups is 1. The van der Waals surface area contributed by atoms with Crippen LogP contribution in [0.15, 0.2) is 0 Å². The van der Waals surface area contributed by atoms with Gasteiger partial charge in [0.15, 0.2) is 5.78 Å². The minimum atomic E-state index is -0.865. The van der Waals surface area contributed by atoms with Gasteiger partial charge in [-0.2, -0.15) is 0 Å². The van der Waals surface area contributed by atoms with Crippen molar-refractivity contribution in [1.29, 1.82) is 0 Å². The number of aliphatic hydroxyl groups is 1. The second-order valence-corrected chi connectivity index (χ2v) is 3.60. The van der Waals surface area contributed by atoms with Crippen molar-refractivity contribution < 1.29 is 14.9 Å². The lowest BCUT2D eigenvalue weighted by Crippen LogP contribution is -2.78. The number of rotatable bonds is 6. The van der Waals surface area contributed by atoms with Gasteiger partial charge in [-0.05, 0) is 12.8 Å². The maximum absolute atomic E-state index is 11.2. The molecule has 0 fully saturated rings. The molecule has 6 N–H and O–H groups in total. The SMILES string of the molecule is CC(C)C(=O)C(O)CCC[NH+]=C(N)N. The van der Waals surface area contributed by atoms with Crippen molar-refractivity contribution in [3.05, 3.63) is 0 Å². The first-order valence-electron chi connectivity index (χ1n) is 4.78. The number of Topliss-reactive ketones (excluding diaryl/α,β-unsaturated/α-hetero) is 1. The van der Waals surface area contributed by atoms with Crippen LogP contribution >= 0.6 is 0 Å². The molecule has 14 heavy (non-hydrogen) atoms. The van der Waals surface area contributed by atoms with Gasteiger partial charge in [0.1, 0.15) is 6.10 Å². The van der Waals surface area contributed by atoms with Gasteiger partial charge in [-0.25, -0.2) is 0 Å². The van der Waals surface area contributed by atoms with E-state index in [4.69, 9.17) is 11.5 Å². The number of hydrogen-bond donors (Lipinski definition) is 4. The van der Waals surface area contributed by atoms with E-state index in [0.717, 1.165) is 0 Å². The highest BCUT2D eigenvalue weighted by molar-refractivity contribution is 5.84.